The molecule has 19 heavy (non-hydrogen) atoms. The summed E-state index contributed by atoms with van der Waals surface area (Å²) in [6.45, 7) is 3.41. The van der Waals surface area contributed by atoms with Crippen LogP contribution in [0.4, 0.5) is 0 Å². The molecule has 0 saturated carbocycles. The van der Waals surface area contributed by atoms with Crippen LogP contribution >= 0.6 is 0 Å². The molecule has 0 unspecified atom stereocenters. The van der Waals surface area contributed by atoms with Gasteiger partial charge >= 0.3 is 0 Å². The lowest BCUT2D eigenvalue weighted by Crippen LogP contribution is -2.18. The standard InChI is InChI=1S/C14H14N4O/c1-14(2,19)12-11-8-17-18(13(11)16-9-15-12)10-6-4-3-5-7-10/h3-9,19H,1-2H3. The fourth-order valence-corrected chi connectivity index (χ4v) is 2.09. The monoisotopic (exact) mass is 254 g/mol. The van der Waals surface area contributed by atoms with Crippen LogP contribution in [0.25, 0.3) is 16.7 Å². The average molecular weight is 254 g/mol. The molecule has 5 nitrogen and oxygen atoms in total. The molecule has 0 amide bonds. The molecule has 0 spiro atoms. The zero-order chi connectivity index (χ0) is 13.5. The number of para-hydroxylation sites is 1. The number of rotatable bonds is 2. The van der Waals surface area contributed by atoms with Crippen LogP contribution in [0.5, 0.6) is 0 Å². The number of aromatic nitrogens is 4. The Morgan fingerprint density at radius 3 is 2.53 bits per heavy atom. The van der Waals surface area contributed by atoms with Crippen molar-refractivity contribution >= 4 is 11.0 Å². The lowest BCUT2D eigenvalue weighted by molar-refractivity contribution is 0.0755. The topological polar surface area (TPSA) is 63.8 Å². The van der Waals surface area contributed by atoms with Gasteiger partial charge in [0.1, 0.15) is 11.9 Å². The fraction of sp³-hybridized carbons (Fsp3) is 0.214. The maximum atomic E-state index is 10.1. The second-order valence-corrected chi connectivity index (χ2v) is 4.91. The second kappa shape index (κ2) is 4.13. The van der Waals surface area contributed by atoms with Gasteiger partial charge in [0, 0.05) is 0 Å². The first kappa shape index (κ1) is 11.8. The van der Waals surface area contributed by atoms with E-state index >= 15 is 0 Å². The zero-order valence-electron chi connectivity index (χ0n) is 10.8. The van der Waals surface area contributed by atoms with Crippen molar-refractivity contribution in [3.8, 4) is 5.69 Å². The maximum absolute atomic E-state index is 10.1. The average Bonchev–Trinajstić information content (AvgIpc) is 2.82. The molecule has 1 aromatic carbocycles. The summed E-state index contributed by atoms with van der Waals surface area (Å²) in [5, 5.41) is 15.2. The summed E-state index contributed by atoms with van der Waals surface area (Å²) in [5.41, 5.74) is 1.18. The van der Waals surface area contributed by atoms with E-state index in [0.29, 0.717) is 11.3 Å². The van der Waals surface area contributed by atoms with E-state index in [1.165, 1.54) is 6.33 Å². The van der Waals surface area contributed by atoms with E-state index in [2.05, 4.69) is 15.1 Å². The van der Waals surface area contributed by atoms with Crippen molar-refractivity contribution in [1.82, 2.24) is 19.7 Å². The quantitative estimate of drug-likeness (QED) is 0.760. The van der Waals surface area contributed by atoms with E-state index in [9.17, 15) is 5.11 Å². The minimum atomic E-state index is -1.02. The molecule has 0 bridgehead atoms. The number of nitrogens with zero attached hydrogens (tertiary/aromatic N) is 4. The van der Waals surface area contributed by atoms with Gasteiger partial charge < -0.3 is 5.11 Å². The maximum Gasteiger partial charge on any atom is 0.166 e. The van der Waals surface area contributed by atoms with Crippen LogP contribution < -0.4 is 0 Å². The molecule has 0 fully saturated rings. The molecular weight excluding hydrogens is 240 g/mol. The van der Waals surface area contributed by atoms with Crippen LogP contribution in [-0.4, -0.2) is 24.9 Å². The van der Waals surface area contributed by atoms with E-state index in [1.807, 2.05) is 30.3 Å². The number of fused-ring (bicyclic) bond motifs is 1. The van der Waals surface area contributed by atoms with Crippen LogP contribution in [0.3, 0.4) is 0 Å². The highest BCUT2D eigenvalue weighted by atomic mass is 16.3. The predicted octanol–water partition coefficient (Wildman–Crippen LogP) is 2.04. The van der Waals surface area contributed by atoms with E-state index in [0.717, 1.165) is 11.1 Å². The van der Waals surface area contributed by atoms with Crippen molar-refractivity contribution in [2.75, 3.05) is 0 Å². The molecule has 1 N–H and O–H groups in total. The smallest absolute Gasteiger partial charge is 0.166 e. The second-order valence-electron chi connectivity index (χ2n) is 4.91. The summed E-state index contributed by atoms with van der Waals surface area (Å²) >= 11 is 0. The van der Waals surface area contributed by atoms with Crippen LogP contribution in [-0.2, 0) is 5.60 Å². The van der Waals surface area contributed by atoms with Crippen molar-refractivity contribution in [2.45, 2.75) is 19.4 Å². The first-order valence-corrected chi connectivity index (χ1v) is 6.04. The lowest BCUT2D eigenvalue weighted by Gasteiger charge is -2.16. The highest BCUT2D eigenvalue weighted by Gasteiger charge is 2.23. The van der Waals surface area contributed by atoms with Crippen LogP contribution in [0.15, 0.2) is 42.9 Å². The van der Waals surface area contributed by atoms with E-state index < -0.39 is 5.60 Å². The Balaban J connectivity index is 2.26. The Bertz CT molecular complexity index is 713. The van der Waals surface area contributed by atoms with Crippen molar-refractivity contribution in [3.05, 3.63) is 48.5 Å². The van der Waals surface area contributed by atoms with Gasteiger partial charge in [-0.2, -0.15) is 5.10 Å². The largest absolute Gasteiger partial charge is 0.384 e. The Kier molecular flexibility index (Phi) is 2.57. The van der Waals surface area contributed by atoms with Crippen LogP contribution in [0.2, 0.25) is 0 Å². The Hall–Kier alpha value is -2.27. The Labute approximate surface area is 110 Å². The van der Waals surface area contributed by atoms with Crippen molar-refractivity contribution < 1.29 is 5.11 Å². The van der Waals surface area contributed by atoms with Gasteiger partial charge in [-0.15, -0.1) is 0 Å². The Morgan fingerprint density at radius 1 is 1.11 bits per heavy atom. The van der Waals surface area contributed by atoms with Crippen molar-refractivity contribution in [1.29, 1.82) is 0 Å². The van der Waals surface area contributed by atoms with E-state index in [-0.39, 0.29) is 0 Å². The van der Waals surface area contributed by atoms with Crippen LogP contribution in [0.1, 0.15) is 19.5 Å². The molecule has 0 saturated heterocycles. The third-order valence-electron chi connectivity index (χ3n) is 2.95. The first-order chi connectivity index (χ1) is 9.07. The molecule has 0 aliphatic rings. The fourth-order valence-electron chi connectivity index (χ4n) is 2.09. The summed E-state index contributed by atoms with van der Waals surface area (Å²) < 4.78 is 1.74. The van der Waals surface area contributed by atoms with Gasteiger partial charge in [0.25, 0.3) is 0 Å². The molecule has 5 heteroatoms. The zero-order valence-corrected chi connectivity index (χ0v) is 10.8. The van der Waals surface area contributed by atoms with E-state index in [4.69, 9.17) is 0 Å². The van der Waals surface area contributed by atoms with Gasteiger partial charge in [0.05, 0.1) is 23.0 Å². The molecular formula is C14H14N4O. The Morgan fingerprint density at radius 2 is 1.84 bits per heavy atom. The molecule has 0 radical (unpaired) electrons. The van der Waals surface area contributed by atoms with Gasteiger partial charge in [0.15, 0.2) is 5.65 Å². The number of aliphatic hydroxyl groups is 1. The summed E-state index contributed by atoms with van der Waals surface area (Å²) in [6.07, 6.45) is 3.15. The van der Waals surface area contributed by atoms with E-state index in [1.54, 1.807) is 24.7 Å². The SMILES string of the molecule is CC(C)(O)c1ncnc2c1cnn2-c1ccccc1. The van der Waals surface area contributed by atoms with Crippen molar-refractivity contribution in [3.63, 3.8) is 0 Å². The highest BCUT2D eigenvalue weighted by molar-refractivity contribution is 5.79. The molecule has 3 aromatic rings. The highest BCUT2D eigenvalue weighted by Crippen LogP contribution is 2.25. The lowest BCUT2D eigenvalue weighted by atomic mass is 10.0. The molecule has 0 aliphatic carbocycles. The molecule has 0 aliphatic heterocycles. The molecule has 2 heterocycles. The first-order valence-electron chi connectivity index (χ1n) is 6.04. The number of hydrogen-bond acceptors (Lipinski definition) is 4. The minimum absolute atomic E-state index is 0.583. The predicted molar refractivity (Wildman–Crippen MR) is 71.9 cm³/mol. The van der Waals surface area contributed by atoms with Gasteiger partial charge in [0.2, 0.25) is 0 Å². The summed E-state index contributed by atoms with van der Waals surface area (Å²) in [5.74, 6) is 0. The minimum Gasteiger partial charge on any atom is -0.384 e. The van der Waals surface area contributed by atoms with Crippen LogP contribution in [0, 0.1) is 0 Å². The summed E-state index contributed by atoms with van der Waals surface area (Å²) in [4.78, 5) is 8.44. The molecule has 0 atom stereocenters. The normalized spacial score (nSPS) is 11.9. The number of benzene rings is 1. The van der Waals surface area contributed by atoms with Gasteiger partial charge in [-0.1, -0.05) is 18.2 Å². The van der Waals surface area contributed by atoms with Gasteiger partial charge in [-0.25, -0.2) is 14.6 Å². The molecule has 96 valence electrons. The number of hydrogen-bond donors (Lipinski definition) is 1. The van der Waals surface area contributed by atoms with Gasteiger partial charge in [-0.05, 0) is 26.0 Å². The third-order valence-corrected chi connectivity index (χ3v) is 2.95. The molecule has 3 rings (SSSR count). The van der Waals surface area contributed by atoms with Gasteiger partial charge in [-0.3, -0.25) is 0 Å². The van der Waals surface area contributed by atoms with Crippen molar-refractivity contribution in [2.24, 2.45) is 0 Å². The summed E-state index contributed by atoms with van der Waals surface area (Å²) in [6, 6.07) is 9.75. The third kappa shape index (κ3) is 1.98. The molecule has 2 aromatic heterocycles. The summed E-state index contributed by atoms with van der Waals surface area (Å²) in [7, 11) is 0.